The number of carbonyl (C=O) groups excluding carboxylic acids is 1. The van der Waals surface area contributed by atoms with Crippen molar-refractivity contribution in [2.45, 2.75) is 44.9 Å². The van der Waals surface area contributed by atoms with E-state index in [1.807, 2.05) is 0 Å². The number of aromatic nitrogens is 4. The Kier molecular flexibility index (Phi) is 8.48. The number of hydrogen-bond donors (Lipinski definition) is 3. The maximum atomic E-state index is 13.8. The number of hydrogen-bond acceptors (Lipinski definition) is 6. The summed E-state index contributed by atoms with van der Waals surface area (Å²) in [7, 11) is 0. The lowest BCUT2D eigenvalue weighted by atomic mass is 9.99. The molecule has 210 valence electrons. The molecule has 0 bridgehead atoms. The first-order valence-electron chi connectivity index (χ1n) is 12.4. The smallest absolute Gasteiger partial charge is 0.417 e. The van der Waals surface area contributed by atoms with E-state index in [4.69, 9.17) is 4.74 Å². The van der Waals surface area contributed by atoms with Crippen LogP contribution in [-0.2, 0) is 12.6 Å². The molecule has 0 saturated carbocycles. The number of anilines is 1. The van der Waals surface area contributed by atoms with Crippen molar-refractivity contribution < 1.29 is 32.2 Å². The fraction of sp³-hybridized carbons (Fsp3) is 0.286. The molecule has 3 N–H and O–H groups in total. The quantitative estimate of drug-likeness (QED) is 0.168. The fourth-order valence-electron chi connectivity index (χ4n) is 3.95. The molecule has 0 fully saturated rings. The van der Waals surface area contributed by atoms with Gasteiger partial charge in [-0.05, 0) is 85.8 Å². The SMILES string of the molecule is CC(C)(O)CCCOc1ccc(C(F)(F)F)c(-c2ccnc(NC(=O)c3nnc(Cc4cccc(F)c4)[nH]3)c2)c1. The Balaban J connectivity index is 1.50. The standard InChI is InChI=1S/C28H27F4N5O3/c1-27(2,39)10-4-12-40-20-7-8-22(28(30,31)32)21(16-20)18-9-11-33-23(15-18)35-26(38)25-34-24(36-37-25)14-17-5-3-6-19(29)13-17/h3,5-9,11,13,15-16,39H,4,10,12,14H2,1-2H3,(H,33,35,38)(H,34,36,37). The van der Waals surface area contributed by atoms with Gasteiger partial charge in [0.2, 0.25) is 5.82 Å². The molecule has 0 aliphatic rings. The number of aliphatic hydroxyl groups is 1. The van der Waals surface area contributed by atoms with Crippen LogP contribution in [-0.4, -0.2) is 43.4 Å². The highest BCUT2D eigenvalue weighted by molar-refractivity contribution is 6.01. The Labute approximate surface area is 227 Å². The summed E-state index contributed by atoms with van der Waals surface area (Å²) in [4.78, 5) is 19.5. The number of aromatic amines is 1. The first-order valence-corrected chi connectivity index (χ1v) is 12.4. The van der Waals surface area contributed by atoms with Crippen molar-refractivity contribution in [2.24, 2.45) is 0 Å². The molecule has 2 heterocycles. The van der Waals surface area contributed by atoms with E-state index in [1.165, 1.54) is 42.6 Å². The van der Waals surface area contributed by atoms with E-state index < -0.39 is 29.1 Å². The molecule has 8 nitrogen and oxygen atoms in total. The minimum Gasteiger partial charge on any atom is -0.494 e. The number of amides is 1. The van der Waals surface area contributed by atoms with Crippen molar-refractivity contribution in [3.05, 3.63) is 89.4 Å². The average molecular weight is 558 g/mol. The van der Waals surface area contributed by atoms with E-state index in [0.717, 1.165) is 6.07 Å². The highest BCUT2D eigenvalue weighted by Gasteiger charge is 2.34. The van der Waals surface area contributed by atoms with Crippen LogP contribution in [0.15, 0.2) is 60.8 Å². The van der Waals surface area contributed by atoms with Crippen LogP contribution in [0.5, 0.6) is 5.75 Å². The highest BCUT2D eigenvalue weighted by Crippen LogP contribution is 2.39. The van der Waals surface area contributed by atoms with Crippen LogP contribution in [0, 0.1) is 5.82 Å². The molecule has 2 aromatic carbocycles. The van der Waals surface area contributed by atoms with Gasteiger partial charge in [0.1, 0.15) is 23.2 Å². The number of nitrogens with one attached hydrogen (secondary N) is 2. The second-order valence-electron chi connectivity index (χ2n) is 9.78. The molecule has 0 aliphatic heterocycles. The minimum absolute atomic E-state index is 0.00444. The Morgan fingerprint density at radius 2 is 1.88 bits per heavy atom. The van der Waals surface area contributed by atoms with Gasteiger partial charge in [-0.2, -0.15) is 13.2 Å². The van der Waals surface area contributed by atoms with Crippen molar-refractivity contribution >= 4 is 11.7 Å². The molecule has 4 rings (SSSR count). The Morgan fingerprint density at radius 3 is 2.60 bits per heavy atom. The summed E-state index contributed by atoms with van der Waals surface area (Å²) in [5, 5.41) is 20.0. The molecule has 40 heavy (non-hydrogen) atoms. The topological polar surface area (TPSA) is 113 Å². The summed E-state index contributed by atoms with van der Waals surface area (Å²) in [5.41, 5.74) is -1.12. The molecule has 4 aromatic rings. The molecule has 0 unspecified atom stereocenters. The third-order valence-corrected chi connectivity index (χ3v) is 5.82. The molecule has 0 spiro atoms. The second-order valence-corrected chi connectivity index (χ2v) is 9.78. The summed E-state index contributed by atoms with van der Waals surface area (Å²) in [6, 6.07) is 12.1. The molecule has 12 heteroatoms. The van der Waals surface area contributed by atoms with Crippen LogP contribution >= 0.6 is 0 Å². The molecular weight excluding hydrogens is 530 g/mol. The number of benzene rings is 2. The van der Waals surface area contributed by atoms with E-state index in [2.05, 4.69) is 25.5 Å². The van der Waals surface area contributed by atoms with Gasteiger partial charge in [-0.15, -0.1) is 10.2 Å². The van der Waals surface area contributed by atoms with Gasteiger partial charge < -0.3 is 20.1 Å². The van der Waals surface area contributed by atoms with Crippen LogP contribution in [0.2, 0.25) is 0 Å². The minimum atomic E-state index is -4.64. The summed E-state index contributed by atoms with van der Waals surface area (Å²) >= 11 is 0. The van der Waals surface area contributed by atoms with Gasteiger partial charge in [-0.3, -0.25) is 4.79 Å². The van der Waals surface area contributed by atoms with Crippen LogP contribution in [0.1, 0.15) is 54.3 Å². The normalized spacial score (nSPS) is 11.9. The molecule has 0 radical (unpaired) electrons. The predicted molar refractivity (Wildman–Crippen MR) is 139 cm³/mol. The number of ether oxygens (including phenoxy) is 1. The molecule has 0 aliphatic carbocycles. The van der Waals surface area contributed by atoms with Crippen molar-refractivity contribution in [3.63, 3.8) is 0 Å². The van der Waals surface area contributed by atoms with E-state index in [9.17, 15) is 27.5 Å². The number of nitrogens with zero attached hydrogens (tertiary/aromatic N) is 3. The lowest BCUT2D eigenvalue weighted by Gasteiger charge is -2.18. The summed E-state index contributed by atoms with van der Waals surface area (Å²) in [6.45, 7) is 3.54. The first kappa shape index (κ1) is 28.7. The van der Waals surface area contributed by atoms with Gasteiger partial charge in [0.05, 0.1) is 17.8 Å². The predicted octanol–water partition coefficient (Wildman–Crippen LogP) is 5.80. The molecular formula is C28H27F4N5O3. The van der Waals surface area contributed by atoms with Gasteiger partial charge in [-0.25, -0.2) is 9.37 Å². The van der Waals surface area contributed by atoms with Crippen molar-refractivity contribution in [2.75, 3.05) is 11.9 Å². The average Bonchev–Trinajstić information content (AvgIpc) is 3.34. The number of halogens is 4. The zero-order valence-corrected chi connectivity index (χ0v) is 21.7. The van der Waals surface area contributed by atoms with Gasteiger partial charge >= 0.3 is 6.18 Å². The number of pyridine rings is 1. The van der Waals surface area contributed by atoms with Gasteiger partial charge in [0.25, 0.3) is 5.91 Å². The third kappa shape index (κ3) is 7.85. The maximum absolute atomic E-state index is 13.8. The largest absolute Gasteiger partial charge is 0.494 e. The number of H-pyrrole nitrogens is 1. The molecule has 0 atom stereocenters. The van der Waals surface area contributed by atoms with Crippen molar-refractivity contribution in [1.82, 2.24) is 20.2 Å². The van der Waals surface area contributed by atoms with E-state index in [1.54, 1.807) is 26.0 Å². The zero-order chi connectivity index (χ0) is 28.9. The number of alkyl halides is 3. The van der Waals surface area contributed by atoms with Gasteiger partial charge in [0.15, 0.2) is 0 Å². The van der Waals surface area contributed by atoms with Gasteiger partial charge in [0, 0.05) is 12.6 Å². The van der Waals surface area contributed by atoms with Crippen LogP contribution in [0.4, 0.5) is 23.4 Å². The monoisotopic (exact) mass is 557 g/mol. The summed E-state index contributed by atoms with van der Waals surface area (Å²) in [5.74, 6) is -0.702. The highest BCUT2D eigenvalue weighted by atomic mass is 19.4. The number of rotatable bonds is 10. The van der Waals surface area contributed by atoms with Crippen LogP contribution in [0.3, 0.4) is 0 Å². The van der Waals surface area contributed by atoms with Crippen LogP contribution < -0.4 is 10.1 Å². The first-order chi connectivity index (χ1) is 18.9. The van der Waals surface area contributed by atoms with Crippen molar-refractivity contribution in [1.29, 1.82) is 0 Å². The van der Waals surface area contributed by atoms with E-state index >= 15 is 0 Å². The number of carbonyl (C=O) groups is 1. The third-order valence-electron chi connectivity index (χ3n) is 5.82. The van der Waals surface area contributed by atoms with E-state index in [0.29, 0.717) is 24.2 Å². The Morgan fingerprint density at radius 1 is 1.07 bits per heavy atom. The Hall–Kier alpha value is -4.32. The van der Waals surface area contributed by atoms with Gasteiger partial charge in [-0.1, -0.05) is 12.1 Å². The summed E-state index contributed by atoms with van der Waals surface area (Å²) in [6.07, 6.45) is -2.18. The molecule has 0 saturated heterocycles. The van der Waals surface area contributed by atoms with E-state index in [-0.39, 0.29) is 41.5 Å². The van der Waals surface area contributed by atoms with Crippen LogP contribution in [0.25, 0.3) is 11.1 Å². The zero-order valence-electron chi connectivity index (χ0n) is 21.7. The molecule has 2 aromatic heterocycles. The summed E-state index contributed by atoms with van der Waals surface area (Å²) < 4.78 is 60.5. The molecule has 1 amide bonds. The maximum Gasteiger partial charge on any atom is 0.417 e. The fourth-order valence-corrected chi connectivity index (χ4v) is 3.95. The second kappa shape index (κ2) is 11.8. The lowest BCUT2D eigenvalue weighted by molar-refractivity contribution is -0.137. The Bertz CT molecular complexity index is 1480. The van der Waals surface area contributed by atoms with Crippen molar-refractivity contribution in [3.8, 4) is 16.9 Å². The lowest BCUT2D eigenvalue weighted by Crippen LogP contribution is -2.19.